The lowest BCUT2D eigenvalue weighted by Crippen LogP contribution is -2.44. The van der Waals surface area contributed by atoms with Crippen molar-refractivity contribution in [1.29, 1.82) is 0 Å². The van der Waals surface area contributed by atoms with Gasteiger partial charge in [0.05, 0.1) is 5.92 Å². The van der Waals surface area contributed by atoms with Crippen LogP contribution in [0.4, 0.5) is 0 Å². The Morgan fingerprint density at radius 1 is 1.47 bits per heavy atom. The Hall–Kier alpha value is -1.59. The fourth-order valence-electron chi connectivity index (χ4n) is 2.45. The highest BCUT2D eigenvalue weighted by atomic mass is 16.4. The molecule has 1 saturated heterocycles. The van der Waals surface area contributed by atoms with Crippen molar-refractivity contribution >= 4 is 17.8 Å². The quantitative estimate of drug-likeness (QED) is 0.721. The molecule has 0 spiro atoms. The molecule has 6 heteroatoms. The predicted molar refractivity (Wildman–Crippen MR) is 67.3 cm³/mol. The van der Waals surface area contributed by atoms with Crippen molar-refractivity contribution in [3.05, 3.63) is 0 Å². The van der Waals surface area contributed by atoms with Gasteiger partial charge in [-0.3, -0.25) is 9.59 Å². The lowest BCUT2D eigenvalue weighted by molar-refractivity contribution is -0.142. The highest BCUT2D eigenvalue weighted by Gasteiger charge is 2.36. The van der Waals surface area contributed by atoms with Crippen LogP contribution in [0.2, 0.25) is 0 Å². The molecule has 1 aliphatic heterocycles. The standard InChI is InChI=1S/C13H20N2O4/c1-2-15-7-9(6-11(15)16)12(17)14-10(13(18)19)5-8-3-4-8/h8-10H,2-7H2,1H3,(H,14,17)(H,18,19). The van der Waals surface area contributed by atoms with Gasteiger partial charge in [0.1, 0.15) is 6.04 Å². The van der Waals surface area contributed by atoms with Gasteiger partial charge in [0.25, 0.3) is 0 Å². The van der Waals surface area contributed by atoms with Gasteiger partial charge in [-0.25, -0.2) is 4.79 Å². The zero-order chi connectivity index (χ0) is 14.0. The zero-order valence-electron chi connectivity index (χ0n) is 11.1. The van der Waals surface area contributed by atoms with Gasteiger partial charge in [-0.05, 0) is 19.3 Å². The van der Waals surface area contributed by atoms with E-state index in [-0.39, 0.29) is 18.2 Å². The molecule has 1 aliphatic carbocycles. The largest absolute Gasteiger partial charge is 0.480 e. The molecule has 2 aliphatic rings. The second-order valence-electron chi connectivity index (χ2n) is 5.41. The molecule has 2 rings (SSSR count). The molecule has 106 valence electrons. The van der Waals surface area contributed by atoms with Gasteiger partial charge >= 0.3 is 5.97 Å². The number of carboxylic acids is 1. The average Bonchev–Trinajstić information content (AvgIpc) is 3.09. The number of aliphatic carboxylic acids is 1. The minimum atomic E-state index is -0.989. The number of hydrogen-bond acceptors (Lipinski definition) is 3. The number of likely N-dealkylation sites (tertiary alicyclic amines) is 1. The van der Waals surface area contributed by atoms with Gasteiger partial charge in [-0.1, -0.05) is 12.8 Å². The van der Waals surface area contributed by atoms with E-state index in [2.05, 4.69) is 5.32 Å². The summed E-state index contributed by atoms with van der Waals surface area (Å²) in [6.07, 6.45) is 2.78. The van der Waals surface area contributed by atoms with Crippen LogP contribution in [0.25, 0.3) is 0 Å². The molecular weight excluding hydrogens is 248 g/mol. The molecule has 2 N–H and O–H groups in total. The minimum Gasteiger partial charge on any atom is -0.480 e. The molecule has 2 amide bonds. The maximum absolute atomic E-state index is 12.0. The van der Waals surface area contributed by atoms with Crippen LogP contribution in [0.1, 0.15) is 32.6 Å². The van der Waals surface area contributed by atoms with Crippen LogP contribution in [0.15, 0.2) is 0 Å². The Bertz CT molecular complexity index is 392. The number of carbonyl (C=O) groups excluding carboxylic acids is 2. The van der Waals surface area contributed by atoms with Crippen LogP contribution in [0.3, 0.4) is 0 Å². The third-order valence-electron chi connectivity index (χ3n) is 3.85. The van der Waals surface area contributed by atoms with Crippen LogP contribution in [-0.2, 0) is 14.4 Å². The summed E-state index contributed by atoms with van der Waals surface area (Å²) in [7, 11) is 0. The van der Waals surface area contributed by atoms with Crippen molar-refractivity contribution in [1.82, 2.24) is 10.2 Å². The van der Waals surface area contributed by atoms with Gasteiger partial charge in [0.2, 0.25) is 11.8 Å². The number of nitrogens with one attached hydrogen (secondary N) is 1. The molecule has 0 aromatic carbocycles. The first-order chi connectivity index (χ1) is 9.01. The van der Waals surface area contributed by atoms with Crippen LogP contribution >= 0.6 is 0 Å². The molecule has 1 heterocycles. The lowest BCUT2D eigenvalue weighted by Gasteiger charge is -2.17. The first kappa shape index (κ1) is 13.8. The molecule has 2 fully saturated rings. The molecule has 19 heavy (non-hydrogen) atoms. The van der Waals surface area contributed by atoms with E-state index in [4.69, 9.17) is 5.11 Å². The molecule has 0 bridgehead atoms. The van der Waals surface area contributed by atoms with Crippen LogP contribution in [-0.4, -0.2) is 46.9 Å². The van der Waals surface area contributed by atoms with Gasteiger partial charge in [-0.2, -0.15) is 0 Å². The number of hydrogen-bond donors (Lipinski definition) is 2. The smallest absolute Gasteiger partial charge is 0.326 e. The molecule has 0 radical (unpaired) electrons. The average molecular weight is 268 g/mol. The highest BCUT2D eigenvalue weighted by Crippen LogP contribution is 2.33. The lowest BCUT2D eigenvalue weighted by atomic mass is 10.1. The summed E-state index contributed by atoms with van der Waals surface area (Å²) >= 11 is 0. The molecule has 0 aromatic rings. The maximum Gasteiger partial charge on any atom is 0.326 e. The Kier molecular flexibility index (Phi) is 4.07. The first-order valence-corrected chi connectivity index (χ1v) is 6.82. The van der Waals surface area contributed by atoms with Gasteiger partial charge in [-0.15, -0.1) is 0 Å². The Balaban J connectivity index is 1.88. The Morgan fingerprint density at radius 3 is 2.63 bits per heavy atom. The summed E-state index contributed by atoms with van der Waals surface area (Å²) in [4.78, 5) is 36.3. The second kappa shape index (κ2) is 5.59. The fraction of sp³-hybridized carbons (Fsp3) is 0.769. The highest BCUT2D eigenvalue weighted by molar-refractivity contribution is 5.91. The third kappa shape index (κ3) is 3.45. The molecule has 0 aromatic heterocycles. The SMILES string of the molecule is CCN1CC(C(=O)NC(CC2CC2)C(=O)O)CC1=O. The normalized spacial score (nSPS) is 24.4. The number of rotatable bonds is 6. The maximum atomic E-state index is 12.0. The van der Waals surface area contributed by atoms with E-state index < -0.39 is 17.9 Å². The third-order valence-corrected chi connectivity index (χ3v) is 3.85. The summed E-state index contributed by atoms with van der Waals surface area (Å²) in [6, 6.07) is -0.814. The monoisotopic (exact) mass is 268 g/mol. The van der Waals surface area contributed by atoms with Crippen LogP contribution < -0.4 is 5.32 Å². The molecule has 1 saturated carbocycles. The first-order valence-electron chi connectivity index (χ1n) is 6.82. The minimum absolute atomic E-state index is 0.0308. The predicted octanol–water partition coefficient (Wildman–Crippen LogP) is 0.224. The number of amides is 2. The fourth-order valence-corrected chi connectivity index (χ4v) is 2.45. The van der Waals surface area contributed by atoms with E-state index in [0.29, 0.717) is 25.4 Å². The van der Waals surface area contributed by atoms with Gasteiger partial charge in [0, 0.05) is 19.5 Å². The Morgan fingerprint density at radius 2 is 2.16 bits per heavy atom. The van der Waals surface area contributed by atoms with E-state index >= 15 is 0 Å². The van der Waals surface area contributed by atoms with Crippen molar-refractivity contribution in [3.63, 3.8) is 0 Å². The van der Waals surface area contributed by atoms with Crippen molar-refractivity contribution < 1.29 is 19.5 Å². The summed E-state index contributed by atoms with van der Waals surface area (Å²) < 4.78 is 0. The van der Waals surface area contributed by atoms with Crippen molar-refractivity contribution in [2.75, 3.05) is 13.1 Å². The molecule has 2 atom stereocenters. The van der Waals surface area contributed by atoms with Crippen LogP contribution in [0, 0.1) is 11.8 Å². The summed E-state index contributed by atoms with van der Waals surface area (Å²) in [5, 5.41) is 11.7. The van der Waals surface area contributed by atoms with Gasteiger partial charge < -0.3 is 15.3 Å². The second-order valence-corrected chi connectivity index (χ2v) is 5.41. The van der Waals surface area contributed by atoms with Crippen molar-refractivity contribution in [2.24, 2.45) is 11.8 Å². The topological polar surface area (TPSA) is 86.7 Å². The molecule has 2 unspecified atom stereocenters. The summed E-state index contributed by atoms with van der Waals surface area (Å²) in [5.74, 6) is -1.31. The van der Waals surface area contributed by atoms with E-state index in [9.17, 15) is 14.4 Å². The number of carboxylic acid groups (broad SMARTS) is 1. The molecular formula is C13H20N2O4. The van der Waals surface area contributed by atoms with E-state index in [0.717, 1.165) is 12.8 Å². The van der Waals surface area contributed by atoms with Gasteiger partial charge in [0.15, 0.2) is 0 Å². The van der Waals surface area contributed by atoms with E-state index in [1.54, 1.807) is 4.90 Å². The Labute approximate surface area is 112 Å². The molecule has 6 nitrogen and oxygen atoms in total. The number of nitrogens with zero attached hydrogens (tertiary/aromatic N) is 1. The summed E-state index contributed by atoms with van der Waals surface area (Å²) in [6.45, 7) is 2.86. The summed E-state index contributed by atoms with van der Waals surface area (Å²) in [5.41, 5.74) is 0. The number of carbonyl (C=O) groups is 3. The van der Waals surface area contributed by atoms with Crippen molar-refractivity contribution in [3.8, 4) is 0 Å². The van der Waals surface area contributed by atoms with Crippen LogP contribution in [0.5, 0.6) is 0 Å². The van der Waals surface area contributed by atoms with E-state index in [1.165, 1.54) is 0 Å². The van der Waals surface area contributed by atoms with E-state index in [1.807, 2.05) is 6.92 Å². The zero-order valence-corrected chi connectivity index (χ0v) is 11.1. The van der Waals surface area contributed by atoms with Crippen molar-refractivity contribution in [2.45, 2.75) is 38.6 Å².